The van der Waals surface area contributed by atoms with Gasteiger partial charge in [-0.3, -0.25) is 0 Å². The number of benzene rings is 1. The average molecular weight is 253 g/mol. The zero-order valence-electron chi connectivity index (χ0n) is 9.95. The maximum absolute atomic E-state index is 11.6. The van der Waals surface area contributed by atoms with Gasteiger partial charge in [0.2, 0.25) is 5.95 Å². The number of hydrogen-bond donors (Lipinski definition) is 2. The summed E-state index contributed by atoms with van der Waals surface area (Å²) >= 11 is 0. The lowest BCUT2D eigenvalue weighted by atomic mass is 10.2. The van der Waals surface area contributed by atoms with Crippen molar-refractivity contribution in [1.82, 2.24) is 15.0 Å². The van der Waals surface area contributed by atoms with Gasteiger partial charge in [-0.1, -0.05) is 18.2 Å². The first kappa shape index (κ1) is 11.2. The van der Waals surface area contributed by atoms with E-state index in [1.165, 1.54) is 4.90 Å². The first-order valence-corrected chi connectivity index (χ1v) is 5.70. The van der Waals surface area contributed by atoms with Crippen LogP contribution in [-0.4, -0.2) is 21.0 Å². The lowest BCUT2D eigenvalue weighted by Crippen LogP contribution is -2.32. The van der Waals surface area contributed by atoms with Crippen LogP contribution < -0.4 is 10.6 Å². The van der Waals surface area contributed by atoms with Crippen molar-refractivity contribution in [2.24, 2.45) is 5.73 Å². The normalized spacial score (nSPS) is 10.5. The van der Waals surface area contributed by atoms with Gasteiger partial charge in [0.15, 0.2) is 0 Å². The quantitative estimate of drug-likeness (QED) is 0.733. The molecule has 3 rings (SSSR count). The number of aromatic amines is 1. The highest BCUT2D eigenvalue weighted by Crippen LogP contribution is 2.25. The molecule has 0 aliphatic heterocycles. The molecule has 0 aliphatic rings. The molecular formula is C13H11N5O. The molecule has 0 radical (unpaired) electrons. The van der Waals surface area contributed by atoms with Crippen molar-refractivity contribution in [3.05, 3.63) is 48.8 Å². The maximum atomic E-state index is 11.6. The number of nitrogens with two attached hydrogens (primary N) is 1. The minimum Gasteiger partial charge on any atom is -0.351 e. The van der Waals surface area contributed by atoms with Crippen LogP contribution in [0.15, 0.2) is 48.8 Å². The Morgan fingerprint density at radius 2 is 1.89 bits per heavy atom. The van der Waals surface area contributed by atoms with E-state index in [9.17, 15) is 4.79 Å². The maximum Gasteiger partial charge on any atom is 0.327 e. The lowest BCUT2D eigenvalue weighted by molar-refractivity contribution is 0.255. The van der Waals surface area contributed by atoms with Gasteiger partial charge in [-0.25, -0.2) is 19.7 Å². The summed E-state index contributed by atoms with van der Waals surface area (Å²) < 4.78 is 0. The number of primary amides is 1. The van der Waals surface area contributed by atoms with Crippen molar-refractivity contribution in [2.75, 3.05) is 4.90 Å². The number of hydrogen-bond acceptors (Lipinski definition) is 3. The molecule has 0 saturated heterocycles. The summed E-state index contributed by atoms with van der Waals surface area (Å²) in [5.41, 5.74) is 6.33. The Morgan fingerprint density at radius 1 is 1.16 bits per heavy atom. The summed E-state index contributed by atoms with van der Waals surface area (Å²) in [5, 5.41) is 0.986. The van der Waals surface area contributed by atoms with Gasteiger partial charge in [0.1, 0.15) is 5.82 Å². The number of nitrogens with zero attached hydrogens (tertiary/aromatic N) is 3. The molecule has 2 aromatic heterocycles. The van der Waals surface area contributed by atoms with E-state index in [-0.39, 0.29) is 5.95 Å². The third kappa shape index (κ3) is 1.99. The number of H-pyrrole nitrogens is 1. The van der Waals surface area contributed by atoms with Gasteiger partial charge < -0.3 is 10.7 Å². The van der Waals surface area contributed by atoms with Gasteiger partial charge in [-0.2, -0.15) is 0 Å². The summed E-state index contributed by atoms with van der Waals surface area (Å²) in [4.78, 5) is 24.1. The van der Waals surface area contributed by atoms with Gasteiger partial charge in [0, 0.05) is 23.3 Å². The summed E-state index contributed by atoms with van der Waals surface area (Å²) in [6.07, 6.45) is 3.11. The number of para-hydroxylation sites is 1. The molecule has 0 unspecified atom stereocenters. The smallest absolute Gasteiger partial charge is 0.327 e. The molecule has 0 aliphatic carbocycles. The molecular weight excluding hydrogens is 242 g/mol. The molecule has 19 heavy (non-hydrogen) atoms. The highest BCUT2D eigenvalue weighted by Gasteiger charge is 2.19. The van der Waals surface area contributed by atoms with E-state index in [0.29, 0.717) is 5.82 Å². The monoisotopic (exact) mass is 253 g/mol. The van der Waals surface area contributed by atoms with Crippen LogP contribution in [0.4, 0.5) is 16.6 Å². The van der Waals surface area contributed by atoms with Crippen LogP contribution >= 0.6 is 0 Å². The molecule has 1 aromatic carbocycles. The van der Waals surface area contributed by atoms with Crippen LogP contribution in [0.2, 0.25) is 0 Å². The van der Waals surface area contributed by atoms with Gasteiger partial charge in [0.05, 0.1) is 0 Å². The van der Waals surface area contributed by atoms with Crippen LogP contribution in [0.25, 0.3) is 10.9 Å². The largest absolute Gasteiger partial charge is 0.351 e. The summed E-state index contributed by atoms with van der Waals surface area (Å²) in [7, 11) is 0. The number of carbonyl (C=O) groups excluding carboxylic acids is 1. The van der Waals surface area contributed by atoms with Crippen molar-refractivity contribution in [3.63, 3.8) is 0 Å². The molecule has 2 heterocycles. The van der Waals surface area contributed by atoms with Crippen molar-refractivity contribution in [2.45, 2.75) is 0 Å². The number of aromatic nitrogens is 3. The van der Waals surface area contributed by atoms with E-state index in [4.69, 9.17) is 5.73 Å². The fraction of sp³-hybridized carbons (Fsp3) is 0. The lowest BCUT2D eigenvalue weighted by Gasteiger charge is -2.15. The third-order valence-corrected chi connectivity index (χ3v) is 2.73. The number of carbonyl (C=O) groups is 1. The number of anilines is 2. The Balaban J connectivity index is 2.12. The third-order valence-electron chi connectivity index (χ3n) is 2.73. The van der Waals surface area contributed by atoms with E-state index in [0.717, 1.165) is 10.9 Å². The zero-order valence-corrected chi connectivity index (χ0v) is 9.95. The Labute approximate surface area is 108 Å². The minimum absolute atomic E-state index is 0.238. The molecule has 2 amide bonds. The van der Waals surface area contributed by atoms with Crippen molar-refractivity contribution < 1.29 is 4.79 Å². The first-order valence-electron chi connectivity index (χ1n) is 5.70. The Bertz CT molecular complexity index is 689. The molecule has 6 nitrogen and oxygen atoms in total. The van der Waals surface area contributed by atoms with Crippen LogP contribution in [0.3, 0.4) is 0 Å². The van der Waals surface area contributed by atoms with Crippen molar-refractivity contribution in [3.8, 4) is 0 Å². The second-order valence-corrected chi connectivity index (χ2v) is 3.96. The minimum atomic E-state index is -0.641. The second-order valence-electron chi connectivity index (χ2n) is 3.96. The number of urea groups is 1. The van der Waals surface area contributed by atoms with Crippen molar-refractivity contribution >= 4 is 28.7 Å². The van der Waals surface area contributed by atoms with Crippen molar-refractivity contribution in [1.29, 1.82) is 0 Å². The topological polar surface area (TPSA) is 87.9 Å². The van der Waals surface area contributed by atoms with Gasteiger partial charge in [-0.05, 0) is 18.2 Å². The molecule has 0 saturated carbocycles. The predicted molar refractivity (Wildman–Crippen MR) is 72.1 cm³/mol. The van der Waals surface area contributed by atoms with Crippen LogP contribution in [0.5, 0.6) is 0 Å². The fourth-order valence-electron chi connectivity index (χ4n) is 1.91. The number of rotatable bonds is 2. The number of nitrogens with one attached hydrogen (secondary N) is 1. The number of amides is 2. The van der Waals surface area contributed by atoms with E-state index in [1.807, 2.05) is 30.3 Å². The van der Waals surface area contributed by atoms with E-state index >= 15 is 0 Å². The Kier molecular flexibility index (Phi) is 2.60. The molecule has 94 valence electrons. The van der Waals surface area contributed by atoms with Crippen LogP contribution in [0, 0.1) is 0 Å². The zero-order chi connectivity index (χ0) is 13.2. The molecule has 6 heteroatoms. The molecule has 0 bridgehead atoms. The molecule has 3 N–H and O–H groups in total. The SMILES string of the molecule is NC(=O)N(c1ncccn1)c1cc2ccccc2[nH]1. The van der Waals surface area contributed by atoms with E-state index in [2.05, 4.69) is 15.0 Å². The Hall–Kier alpha value is -2.89. The van der Waals surface area contributed by atoms with E-state index < -0.39 is 6.03 Å². The first-order chi connectivity index (χ1) is 9.25. The summed E-state index contributed by atoms with van der Waals surface area (Å²) in [6.45, 7) is 0. The molecule has 0 fully saturated rings. The molecule has 3 aromatic rings. The van der Waals surface area contributed by atoms with Gasteiger partial charge >= 0.3 is 6.03 Å². The standard InChI is InChI=1S/C13H11N5O/c14-12(19)18(13-15-6-3-7-16-13)11-8-9-4-1-2-5-10(9)17-11/h1-8,17H,(H2,14,19). The summed E-state index contributed by atoms with van der Waals surface area (Å²) in [5.74, 6) is 0.779. The van der Waals surface area contributed by atoms with Gasteiger partial charge in [0.25, 0.3) is 0 Å². The average Bonchev–Trinajstić information content (AvgIpc) is 2.82. The highest BCUT2D eigenvalue weighted by molar-refractivity contribution is 5.98. The highest BCUT2D eigenvalue weighted by atomic mass is 16.2. The number of fused-ring (bicyclic) bond motifs is 1. The van der Waals surface area contributed by atoms with Crippen LogP contribution in [0.1, 0.15) is 0 Å². The fourth-order valence-corrected chi connectivity index (χ4v) is 1.91. The second kappa shape index (κ2) is 4.41. The van der Waals surface area contributed by atoms with Crippen LogP contribution in [-0.2, 0) is 0 Å². The molecule has 0 spiro atoms. The van der Waals surface area contributed by atoms with Gasteiger partial charge in [-0.15, -0.1) is 0 Å². The van der Waals surface area contributed by atoms with E-state index in [1.54, 1.807) is 18.5 Å². The predicted octanol–water partition coefficient (Wildman–Crippen LogP) is 2.17. The molecule has 0 atom stereocenters. The Morgan fingerprint density at radius 3 is 2.58 bits per heavy atom. The summed E-state index contributed by atoms with van der Waals surface area (Å²) in [6, 6.07) is 10.6.